The lowest BCUT2D eigenvalue weighted by atomic mass is 9.94. The van der Waals surface area contributed by atoms with E-state index < -0.39 is 0 Å². The van der Waals surface area contributed by atoms with Gasteiger partial charge in [-0.3, -0.25) is 0 Å². The number of benzene rings is 2. The summed E-state index contributed by atoms with van der Waals surface area (Å²) in [6, 6.07) is 16.8. The van der Waals surface area contributed by atoms with E-state index >= 15 is 0 Å². The Morgan fingerprint density at radius 2 is 1.52 bits per heavy atom. The molecule has 1 atom stereocenters. The van der Waals surface area contributed by atoms with Gasteiger partial charge >= 0.3 is 0 Å². The van der Waals surface area contributed by atoms with Crippen molar-refractivity contribution in [3.63, 3.8) is 0 Å². The van der Waals surface area contributed by atoms with Gasteiger partial charge in [-0.15, -0.1) is 0 Å². The van der Waals surface area contributed by atoms with Crippen LogP contribution >= 0.6 is 0 Å². The highest BCUT2D eigenvalue weighted by Gasteiger charge is 2.09. The molecule has 0 saturated carbocycles. The molecule has 0 aliphatic heterocycles. The highest BCUT2D eigenvalue weighted by atomic mass is 16.5. The second kappa shape index (κ2) is 7.72. The smallest absolute Gasteiger partial charge is 0.122 e. The lowest BCUT2D eigenvalue weighted by Crippen LogP contribution is -1.97. The molecule has 0 aliphatic rings. The van der Waals surface area contributed by atoms with Gasteiger partial charge < -0.3 is 9.47 Å². The van der Waals surface area contributed by atoms with E-state index in [2.05, 4.69) is 49.4 Å². The molecule has 2 heteroatoms. The van der Waals surface area contributed by atoms with E-state index in [1.807, 2.05) is 6.07 Å². The SMILES string of the molecule is COc1cc(OC)cc(C(C)CCCc2ccccc2)c1. The van der Waals surface area contributed by atoms with Crippen molar-refractivity contribution in [3.05, 3.63) is 59.7 Å². The Balaban J connectivity index is 1.95. The zero-order valence-corrected chi connectivity index (χ0v) is 13.1. The Kier molecular flexibility index (Phi) is 5.68. The summed E-state index contributed by atoms with van der Waals surface area (Å²) >= 11 is 0. The summed E-state index contributed by atoms with van der Waals surface area (Å²) in [6.45, 7) is 2.26. The lowest BCUT2D eigenvalue weighted by molar-refractivity contribution is 0.392. The van der Waals surface area contributed by atoms with Crippen LogP contribution in [0.4, 0.5) is 0 Å². The van der Waals surface area contributed by atoms with Crippen LogP contribution in [0.1, 0.15) is 36.8 Å². The molecule has 21 heavy (non-hydrogen) atoms. The predicted molar refractivity (Wildman–Crippen MR) is 87.3 cm³/mol. The third-order valence-electron chi connectivity index (χ3n) is 3.89. The van der Waals surface area contributed by atoms with Crippen molar-refractivity contribution in [2.75, 3.05) is 14.2 Å². The van der Waals surface area contributed by atoms with Gasteiger partial charge in [-0.25, -0.2) is 0 Å². The number of methoxy groups -OCH3 is 2. The zero-order valence-electron chi connectivity index (χ0n) is 13.1. The average molecular weight is 284 g/mol. The van der Waals surface area contributed by atoms with E-state index in [0.29, 0.717) is 5.92 Å². The molecular weight excluding hydrogens is 260 g/mol. The first-order valence-electron chi connectivity index (χ1n) is 7.50. The van der Waals surface area contributed by atoms with Gasteiger partial charge in [-0.05, 0) is 48.4 Å². The standard InChI is InChI=1S/C19H24O2/c1-15(8-7-11-16-9-5-4-6-10-16)17-12-18(20-2)14-19(13-17)21-3/h4-6,9-10,12-15H,7-8,11H2,1-3H3. The van der Waals surface area contributed by atoms with E-state index in [1.54, 1.807) is 14.2 Å². The molecule has 2 aromatic rings. The summed E-state index contributed by atoms with van der Waals surface area (Å²) < 4.78 is 10.7. The van der Waals surface area contributed by atoms with Crippen LogP contribution in [0.5, 0.6) is 11.5 Å². The Bertz CT molecular complexity index is 526. The van der Waals surface area contributed by atoms with Crippen LogP contribution < -0.4 is 9.47 Å². The lowest BCUT2D eigenvalue weighted by Gasteiger charge is -2.14. The van der Waals surface area contributed by atoms with Gasteiger partial charge in [0, 0.05) is 6.07 Å². The zero-order chi connectivity index (χ0) is 15.1. The van der Waals surface area contributed by atoms with E-state index in [9.17, 15) is 0 Å². The summed E-state index contributed by atoms with van der Waals surface area (Å²) in [7, 11) is 3.39. The minimum Gasteiger partial charge on any atom is -0.497 e. The topological polar surface area (TPSA) is 18.5 Å². The first-order chi connectivity index (χ1) is 10.2. The van der Waals surface area contributed by atoms with Crippen molar-refractivity contribution in [2.24, 2.45) is 0 Å². The van der Waals surface area contributed by atoms with Crippen LogP contribution in [0.15, 0.2) is 48.5 Å². The molecular formula is C19H24O2. The maximum Gasteiger partial charge on any atom is 0.122 e. The fraction of sp³-hybridized carbons (Fsp3) is 0.368. The molecule has 0 heterocycles. The molecule has 0 aromatic heterocycles. The molecule has 0 bridgehead atoms. The molecule has 0 fully saturated rings. The van der Waals surface area contributed by atoms with Crippen LogP contribution in [0.2, 0.25) is 0 Å². The molecule has 0 N–H and O–H groups in total. The van der Waals surface area contributed by atoms with Crippen LogP contribution in [0, 0.1) is 0 Å². The number of hydrogen-bond acceptors (Lipinski definition) is 2. The third kappa shape index (κ3) is 4.52. The monoisotopic (exact) mass is 284 g/mol. The Morgan fingerprint density at radius 3 is 2.10 bits per heavy atom. The van der Waals surface area contributed by atoms with Gasteiger partial charge in [-0.1, -0.05) is 37.3 Å². The van der Waals surface area contributed by atoms with E-state index in [0.717, 1.165) is 24.3 Å². The average Bonchev–Trinajstić information content (AvgIpc) is 2.55. The molecule has 0 spiro atoms. The molecule has 0 aliphatic carbocycles. The quantitative estimate of drug-likeness (QED) is 0.725. The van der Waals surface area contributed by atoms with Gasteiger partial charge in [0.25, 0.3) is 0 Å². The van der Waals surface area contributed by atoms with E-state index in [-0.39, 0.29) is 0 Å². The van der Waals surface area contributed by atoms with Gasteiger partial charge in [-0.2, -0.15) is 0 Å². The number of hydrogen-bond donors (Lipinski definition) is 0. The first kappa shape index (κ1) is 15.4. The molecule has 112 valence electrons. The maximum absolute atomic E-state index is 5.34. The highest BCUT2D eigenvalue weighted by Crippen LogP contribution is 2.29. The summed E-state index contributed by atoms with van der Waals surface area (Å²) in [5.74, 6) is 2.22. The van der Waals surface area contributed by atoms with Crippen molar-refractivity contribution < 1.29 is 9.47 Å². The van der Waals surface area contributed by atoms with Crippen molar-refractivity contribution in [1.82, 2.24) is 0 Å². The molecule has 0 radical (unpaired) electrons. The van der Waals surface area contributed by atoms with Crippen LogP contribution in [0.25, 0.3) is 0 Å². The number of aryl methyl sites for hydroxylation is 1. The highest BCUT2D eigenvalue weighted by molar-refractivity contribution is 5.39. The van der Waals surface area contributed by atoms with Crippen LogP contribution in [-0.4, -0.2) is 14.2 Å². The van der Waals surface area contributed by atoms with Crippen LogP contribution in [-0.2, 0) is 6.42 Å². The summed E-state index contributed by atoms with van der Waals surface area (Å²) in [5, 5.41) is 0. The molecule has 0 saturated heterocycles. The van der Waals surface area contributed by atoms with E-state index in [4.69, 9.17) is 9.47 Å². The third-order valence-corrected chi connectivity index (χ3v) is 3.89. The molecule has 2 rings (SSSR count). The fourth-order valence-electron chi connectivity index (χ4n) is 2.54. The molecule has 1 unspecified atom stereocenters. The second-order valence-corrected chi connectivity index (χ2v) is 5.42. The Labute approximate surface area is 127 Å². The second-order valence-electron chi connectivity index (χ2n) is 5.42. The fourth-order valence-corrected chi connectivity index (χ4v) is 2.54. The first-order valence-corrected chi connectivity index (χ1v) is 7.50. The Morgan fingerprint density at radius 1 is 0.905 bits per heavy atom. The molecule has 2 aromatic carbocycles. The number of ether oxygens (including phenoxy) is 2. The van der Waals surface area contributed by atoms with E-state index in [1.165, 1.54) is 17.5 Å². The van der Waals surface area contributed by atoms with Gasteiger partial charge in [0.15, 0.2) is 0 Å². The molecule has 2 nitrogen and oxygen atoms in total. The van der Waals surface area contributed by atoms with Crippen molar-refractivity contribution in [1.29, 1.82) is 0 Å². The summed E-state index contributed by atoms with van der Waals surface area (Å²) in [5.41, 5.74) is 2.69. The minimum atomic E-state index is 0.498. The Hall–Kier alpha value is -1.96. The largest absolute Gasteiger partial charge is 0.497 e. The minimum absolute atomic E-state index is 0.498. The van der Waals surface area contributed by atoms with Gasteiger partial charge in [0.05, 0.1) is 14.2 Å². The predicted octanol–water partition coefficient (Wildman–Crippen LogP) is 4.83. The van der Waals surface area contributed by atoms with Crippen LogP contribution in [0.3, 0.4) is 0 Å². The van der Waals surface area contributed by atoms with Crippen molar-refractivity contribution >= 4 is 0 Å². The molecule has 0 amide bonds. The summed E-state index contributed by atoms with van der Waals surface area (Å²) in [6.07, 6.45) is 3.47. The summed E-state index contributed by atoms with van der Waals surface area (Å²) in [4.78, 5) is 0. The van der Waals surface area contributed by atoms with Crippen molar-refractivity contribution in [3.8, 4) is 11.5 Å². The maximum atomic E-state index is 5.34. The van der Waals surface area contributed by atoms with Crippen molar-refractivity contribution in [2.45, 2.75) is 32.1 Å². The van der Waals surface area contributed by atoms with Gasteiger partial charge in [0.2, 0.25) is 0 Å². The normalized spacial score (nSPS) is 12.0. The number of rotatable bonds is 7. The van der Waals surface area contributed by atoms with Gasteiger partial charge in [0.1, 0.15) is 11.5 Å².